The van der Waals surface area contributed by atoms with E-state index in [-0.39, 0.29) is 0 Å². The Morgan fingerprint density at radius 3 is 1.87 bits per heavy atom. The molecule has 1 saturated carbocycles. The third kappa shape index (κ3) is 6.94. The van der Waals surface area contributed by atoms with Gasteiger partial charge in [-0.3, -0.25) is 0 Å². The van der Waals surface area contributed by atoms with Gasteiger partial charge in [0.05, 0.1) is 0 Å². The number of unbranched alkanes of at least 4 members (excludes halogenated alkanes) is 4. The van der Waals surface area contributed by atoms with Crippen molar-refractivity contribution in [1.82, 2.24) is 5.32 Å². The minimum Gasteiger partial charge on any atom is -0.311 e. The fourth-order valence-electron chi connectivity index (χ4n) is 2.18. The third-order valence-electron chi connectivity index (χ3n) is 3.36. The van der Waals surface area contributed by atoms with Crippen molar-refractivity contribution in [2.75, 3.05) is 0 Å². The summed E-state index contributed by atoms with van der Waals surface area (Å²) < 4.78 is 0. The molecule has 0 atom stereocenters. The molecule has 1 N–H and O–H groups in total. The van der Waals surface area contributed by atoms with E-state index in [1.807, 2.05) is 0 Å². The van der Waals surface area contributed by atoms with Crippen LogP contribution in [-0.4, -0.2) is 12.1 Å². The van der Waals surface area contributed by atoms with Crippen LogP contribution in [0.15, 0.2) is 0 Å². The number of nitrogens with one attached hydrogen (secondary N) is 1. The minimum atomic E-state index is 0.829. The minimum absolute atomic E-state index is 0.829. The molecule has 1 aliphatic rings. The molecule has 0 unspecified atom stereocenters. The van der Waals surface area contributed by atoms with Crippen LogP contribution in [-0.2, 0) is 0 Å². The highest BCUT2D eigenvalue weighted by molar-refractivity contribution is 4.84. The molecule has 0 aliphatic heterocycles. The fourth-order valence-corrected chi connectivity index (χ4v) is 2.18. The molecule has 90 valence electrons. The predicted octanol–water partition coefficient (Wildman–Crippen LogP) is 4.27. The Morgan fingerprint density at radius 1 is 0.933 bits per heavy atom. The van der Waals surface area contributed by atoms with Gasteiger partial charge in [0, 0.05) is 12.1 Å². The number of hydrogen-bond acceptors (Lipinski definition) is 1. The van der Waals surface area contributed by atoms with Gasteiger partial charge in [-0.15, -0.1) is 0 Å². The first-order valence-electron chi connectivity index (χ1n) is 7.12. The maximum atomic E-state index is 3.81. The first kappa shape index (κ1) is 13.0. The first-order valence-corrected chi connectivity index (χ1v) is 7.12. The van der Waals surface area contributed by atoms with Gasteiger partial charge in [-0.05, 0) is 25.7 Å². The quantitative estimate of drug-likeness (QED) is 0.532. The van der Waals surface area contributed by atoms with E-state index in [1.165, 1.54) is 64.2 Å². The van der Waals surface area contributed by atoms with E-state index < -0.39 is 0 Å². The van der Waals surface area contributed by atoms with Crippen molar-refractivity contribution in [2.45, 2.75) is 90.1 Å². The molecule has 1 rings (SSSR count). The van der Waals surface area contributed by atoms with Gasteiger partial charge < -0.3 is 5.32 Å². The van der Waals surface area contributed by atoms with E-state index in [9.17, 15) is 0 Å². The van der Waals surface area contributed by atoms with Gasteiger partial charge >= 0.3 is 0 Å². The highest BCUT2D eigenvalue weighted by Gasteiger charge is 2.23. The SMILES string of the molecule is CCCCCC(CCCCC)NC1CC1. The van der Waals surface area contributed by atoms with Gasteiger partial charge in [0.2, 0.25) is 0 Å². The van der Waals surface area contributed by atoms with E-state index in [1.54, 1.807) is 0 Å². The second-order valence-corrected chi connectivity index (χ2v) is 5.13. The summed E-state index contributed by atoms with van der Waals surface area (Å²) in [7, 11) is 0. The summed E-state index contributed by atoms with van der Waals surface area (Å²) in [6, 6.07) is 1.72. The van der Waals surface area contributed by atoms with Gasteiger partial charge in [-0.2, -0.15) is 0 Å². The molecule has 0 heterocycles. The summed E-state index contributed by atoms with van der Waals surface area (Å²) in [5.74, 6) is 0. The van der Waals surface area contributed by atoms with Crippen LogP contribution >= 0.6 is 0 Å². The fraction of sp³-hybridized carbons (Fsp3) is 1.00. The van der Waals surface area contributed by atoms with Gasteiger partial charge in [-0.1, -0.05) is 52.4 Å². The van der Waals surface area contributed by atoms with Crippen LogP contribution in [0.3, 0.4) is 0 Å². The monoisotopic (exact) mass is 211 g/mol. The lowest BCUT2D eigenvalue weighted by atomic mass is 10.0. The molecule has 0 amide bonds. The van der Waals surface area contributed by atoms with Crippen molar-refractivity contribution in [1.29, 1.82) is 0 Å². The summed E-state index contributed by atoms with van der Waals surface area (Å²) in [4.78, 5) is 0. The number of rotatable bonds is 10. The van der Waals surface area contributed by atoms with Crippen molar-refractivity contribution < 1.29 is 0 Å². The molecule has 0 spiro atoms. The Bertz CT molecular complexity index is 130. The van der Waals surface area contributed by atoms with E-state index >= 15 is 0 Å². The van der Waals surface area contributed by atoms with Gasteiger partial charge in [0.1, 0.15) is 0 Å². The van der Waals surface area contributed by atoms with Crippen LogP contribution < -0.4 is 5.32 Å². The Morgan fingerprint density at radius 2 is 1.47 bits per heavy atom. The van der Waals surface area contributed by atoms with Crippen molar-refractivity contribution in [3.8, 4) is 0 Å². The average Bonchev–Trinajstić information content (AvgIpc) is 3.02. The normalized spacial score (nSPS) is 16.2. The Balaban J connectivity index is 2.06. The van der Waals surface area contributed by atoms with Crippen LogP contribution in [0.1, 0.15) is 78.1 Å². The van der Waals surface area contributed by atoms with Crippen molar-refractivity contribution >= 4 is 0 Å². The second kappa shape index (κ2) is 8.15. The van der Waals surface area contributed by atoms with Gasteiger partial charge in [0.25, 0.3) is 0 Å². The largest absolute Gasteiger partial charge is 0.311 e. The molecule has 0 aromatic heterocycles. The van der Waals surface area contributed by atoms with E-state index in [0.717, 1.165) is 12.1 Å². The van der Waals surface area contributed by atoms with E-state index in [0.29, 0.717) is 0 Å². The lowest BCUT2D eigenvalue weighted by Crippen LogP contribution is -2.30. The van der Waals surface area contributed by atoms with Crippen LogP contribution in [0, 0.1) is 0 Å². The Labute approximate surface area is 96.0 Å². The Hall–Kier alpha value is -0.0400. The lowest BCUT2D eigenvalue weighted by molar-refractivity contribution is 0.416. The third-order valence-corrected chi connectivity index (χ3v) is 3.36. The molecular weight excluding hydrogens is 182 g/mol. The molecular formula is C14H29N. The molecule has 0 bridgehead atoms. The summed E-state index contributed by atoms with van der Waals surface area (Å²) in [5.41, 5.74) is 0. The molecule has 0 aromatic carbocycles. The van der Waals surface area contributed by atoms with E-state index in [4.69, 9.17) is 0 Å². The molecule has 0 saturated heterocycles. The highest BCUT2D eigenvalue weighted by Crippen LogP contribution is 2.22. The summed E-state index contributed by atoms with van der Waals surface area (Å²) in [5, 5.41) is 3.81. The standard InChI is InChI=1S/C14H29N/c1-3-5-7-9-13(10-8-6-4-2)15-14-11-12-14/h13-15H,3-12H2,1-2H3. The summed E-state index contributed by atoms with van der Waals surface area (Å²) in [6.45, 7) is 4.58. The van der Waals surface area contributed by atoms with Crippen LogP contribution in [0.5, 0.6) is 0 Å². The number of hydrogen-bond donors (Lipinski definition) is 1. The molecule has 1 heteroatoms. The van der Waals surface area contributed by atoms with E-state index in [2.05, 4.69) is 19.2 Å². The molecule has 0 radical (unpaired) electrons. The van der Waals surface area contributed by atoms with Crippen LogP contribution in [0.4, 0.5) is 0 Å². The van der Waals surface area contributed by atoms with Gasteiger partial charge in [-0.25, -0.2) is 0 Å². The molecule has 1 fully saturated rings. The van der Waals surface area contributed by atoms with Crippen molar-refractivity contribution in [3.05, 3.63) is 0 Å². The van der Waals surface area contributed by atoms with Crippen molar-refractivity contribution in [2.24, 2.45) is 0 Å². The molecule has 1 nitrogen and oxygen atoms in total. The highest BCUT2D eigenvalue weighted by atomic mass is 15.0. The zero-order valence-electron chi connectivity index (χ0n) is 10.7. The van der Waals surface area contributed by atoms with Crippen LogP contribution in [0.2, 0.25) is 0 Å². The Kier molecular flexibility index (Phi) is 7.08. The smallest absolute Gasteiger partial charge is 0.00708 e. The molecule has 0 aromatic rings. The van der Waals surface area contributed by atoms with Gasteiger partial charge in [0.15, 0.2) is 0 Å². The maximum Gasteiger partial charge on any atom is 0.00708 e. The van der Waals surface area contributed by atoms with Crippen LogP contribution in [0.25, 0.3) is 0 Å². The second-order valence-electron chi connectivity index (χ2n) is 5.13. The average molecular weight is 211 g/mol. The predicted molar refractivity (Wildman–Crippen MR) is 68.2 cm³/mol. The zero-order valence-corrected chi connectivity index (χ0v) is 10.7. The molecule has 1 aliphatic carbocycles. The lowest BCUT2D eigenvalue weighted by Gasteiger charge is -2.18. The summed E-state index contributed by atoms with van der Waals surface area (Å²) >= 11 is 0. The maximum absolute atomic E-state index is 3.81. The zero-order chi connectivity index (χ0) is 10.9. The topological polar surface area (TPSA) is 12.0 Å². The molecule has 15 heavy (non-hydrogen) atoms. The summed E-state index contributed by atoms with van der Waals surface area (Å²) in [6.07, 6.45) is 14.1. The first-order chi connectivity index (χ1) is 7.36. The van der Waals surface area contributed by atoms with Crippen molar-refractivity contribution in [3.63, 3.8) is 0 Å².